The number of nitrogens with one attached hydrogen (secondary N) is 1. The van der Waals surface area contributed by atoms with E-state index >= 15 is 0 Å². The molecule has 1 heterocycles. The Kier molecular flexibility index (Phi) is 4.49. The first kappa shape index (κ1) is 14.7. The lowest BCUT2D eigenvalue weighted by molar-refractivity contribution is 0.0938. The molecule has 0 saturated heterocycles. The van der Waals surface area contributed by atoms with Gasteiger partial charge >= 0.3 is 0 Å². The molecular formula is C15H14BrFN2O. The summed E-state index contributed by atoms with van der Waals surface area (Å²) in [6, 6.07) is 8.03. The van der Waals surface area contributed by atoms with Gasteiger partial charge in [0.15, 0.2) is 0 Å². The zero-order chi connectivity index (χ0) is 14.7. The highest BCUT2D eigenvalue weighted by Crippen LogP contribution is 2.18. The Balaban J connectivity index is 2.15. The van der Waals surface area contributed by atoms with Crippen molar-refractivity contribution in [2.75, 3.05) is 0 Å². The molecule has 5 heteroatoms. The summed E-state index contributed by atoms with van der Waals surface area (Å²) in [7, 11) is 0. The maximum Gasteiger partial charge on any atom is 0.254 e. The molecule has 0 aliphatic rings. The summed E-state index contributed by atoms with van der Waals surface area (Å²) >= 11 is 3.23. The number of hydrogen-bond donors (Lipinski definition) is 1. The predicted molar refractivity (Wildman–Crippen MR) is 79.0 cm³/mol. The highest BCUT2D eigenvalue weighted by molar-refractivity contribution is 9.10. The van der Waals surface area contributed by atoms with Crippen LogP contribution in [0.4, 0.5) is 4.39 Å². The Morgan fingerprint density at radius 3 is 2.80 bits per heavy atom. The van der Waals surface area contributed by atoms with Gasteiger partial charge in [-0.1, -0.05) is 12.1 Å². The van der Waals surface area contributed by atoms with Crippen LogP contribution in [0.1, 0.15) is 34.5 Å². The van der Waals surface area contributed by atoms with Crippen LogP contribution in [0.25, 0.3) is 0 Å². The lowest BCUT2D eigenvalue weighted by Gasteiger charge is -2.15. The molecule has 1 amide bonds. The first-order valence-electron chi connectivity index (χ1n) is 6.16. The van der Waals surface area contributed by atoms with Crippen LogP contribution in [0.2, 0.25) is 0 Å². The van der Waals surface area contributed by atoms with E-state index in [1.54, 1.807) is 31.3 Å². The van der Waals surface area contributed by atoms with E-state index in [4.69, 9.17) is 0 Å². The first-order valence-corrected chi connectivity index (χ1v) is 6.95. The van der Waals surface area contributed by atoms with Gasteiger partial charge < -0.3 is 5.32 Å². The molecule has 2 aromatic rings. The topological polar surface area (TPSA) is 42.0 Å². The molecule has 2 rings (SSSR count). The highest BCUT2D eigenvalue weighted by atomic mass is 79.9. The normalized spacial score (nSPS) is 12.0. The predicted octanol–water partition coefficient (Wildman–Crippen LogP) is 3.78. The van der Waals surface area contributed by atoms with Crippen molar-refractivity contribution in [2.24, 2.45) is 0 Å². The van der Waals surface area contributed by atoms with Crippen LogP contribution in [0.3, 0.4) is 0 Å². The van der Waals surface area contributed by atoms with Gasteiger partial charge in [0.25, 0.3) is 5.91 Å². The van der Waals surface area contributed by atoms with Gasteiger partial charge in [0.2, 0.25) is 0 Å². The fourth-order valence-electron chi connectivity index (χ4n) is 1.79. The number of rotatable bonds is 3. The van der Waals surface area contributed by atoms with E-state index < -0.39 is 0 Å². The molecule has 1 unspecified atom stereocenters. The van der Waals surface area contributed by atoms with Gasteiger partial charge in [-0.05, 0) is 59.1 Å². The van der Waals surface area contributed by atoms with Crippen molar-refractivity contribution >= 4 is 21.8 Å². The van der Waals surface area contributed by atoms with E-state index in [0.717, 1.165) is 5.56 Å². The van der Waals surface area contributed by atoms with Crippen LogP contribution in [-0.4, -0.2) is 10.9 Å². The average molecular weight is 337 g/mol. The number of carbonyl (C=O) groups excluding carboxylic acids is 1. The number of pyridine rings is 1. The summed E-state index contributed by atoms with van der Waals surface area (Å²) < 4.78 is 14.0. The molecule has 1 N–H and O–H groups in total. The molecule has 0 saturated carbocycles. The van der Waals surface area contributed by atoms with Crippen LogP contribution in [0, 0.1) is 12.7 Å². The summed E-state index contributed by atoms with van der Waals surface area (Å²) in [5.74, 6) is -0.524. The third kappa shape index (κ3) is 3.22. The Labute approximate surface area is 125 Å². The van der Waals surface area contributed by atoms with Gasteiger partial charge in [0.1, 0.15) is 10.4 Å². The lowest BCUT2D eigenvalue weighted by atomic mass is 10.1. The van der Waals surface area contributed by atoms with Crippen molar-refractivity contribution in [3.63, 3.8) is 0 Å². The smallest absolute Gasteiger partial charge is 0.254 e. The molecule has 1 aromatic heterocycles. The van der Waals surface area contributed by atoms with Gasteiger partial charge in [-0.25, -0.2) is 9.37 Å². The average Bonchev–Trinajstić information content (AvgIpc) is 2.42. The maximum absolute atomic E-state index is 13.5. The highest BCUT2D eigenvalue weighted by Gasteiger charge is 2.15. The van der Waals surface area contributed by atoms with Gasteiger partial charge in [0, 0.05) is 6.20 Å². The molecule has 0 bridgehead atoms. The summed E-state index contributed by atoms with van der Waals surface area (Å²) in [6.07, 6.45) is 1.60. The molecule has 0 spiro atoms. The third-order valence-electron chi connectivity index (χ3n) is 3.05. The van der Waals surface area contributed by atoms with Crippen molar-refractivity contribution < 1.29 is 9.18 Å². The monoisotopic (exact) mass is 336 g/mol. The van der Waals surface area contributed by atoms with Crippen molar-refractivity contribution in [3.8, 4) is 0 Å². The summed E-state index contributed by atoms with van der Waals surface area (Å²) in [6.45, 7) is 3.52. The van der Waals surface area contributed by atoms with Gasteiger partial charge in [-0.2, -0.15) is 0 Å². The van der Waals surface area contributed by atoms with Crippen molar-refractivity contribution in [3.05, 3.63) is 63.6 Å². The Morgan fingerprint density at radius 1 is 1.40 bits per heavy atom. The Hall–Kier alpha value is -1.75. The number of halogens is 2. The molecule has 0 radical (unpaired) electrons. The minimum Gasteiger partial charge on any atom is -0.345 e. The molecule has 20 heavy (non-hydrogen) atoms. The Morgan fingerprint density at radius 2 is 2.15 bits per heavy atom. The SMILES string of the molecule is Cc1ccc(C(C)NC(=O)c2cccnc2Br)cc1F. The molecule has 1 atom stereocenters. The van der Waals surface area contributed by atoms with Gasteiger partial charge in [0.05, 0.1) is 11.6 Å². The molecule has 0 aliphatic heterocycles. The fourth-order valence-corrected chi connectivity index (χ4v) is 2.22. The van der Waals surface area contributed by atoms with Crippen LogP contribution < -0.4 is 5.32 Å². The van der Waals surface area contributed by atoms with E-state index in [2.05, 4.69) is 26.2 Å². The lowest BCUT2D eigenvalue weighted by Crippen LogP contribution is -2.27. The second-order valence-corrected chi connectivity index (χ2v) is 5.30. The number of amides is 1. The van der Waals surface area contributed by atoms with E-state index in [0.29, 0.717) is 15.7 Å². The zero-order valence-electron chi connectivity index (χ0n) is 11.2. The van der Waals surface area contributed by atoms with Crippen molar-refractivity contribution in [1.29, 1.82) is 0 Å². The number of hydrogen-bond acceptors (Lipinski definition) is 2. The van der Waals surface area contributed by atoms with E-state index in [1.165, 1.54) is 6.07 Å². The van der Waals surface area contributed by atoms with Crippen molar-refractivity contribution in [1.82, 2.24) is 10.3 Å². The standard InChI is InChI=1S/C15H14BrFN2O/c1-9-5-6-11(8-13(9)17)10(2)19-15(20)12-4-3-7-18-14(12)16/h3-8,10H,1-2H3,(H,19,20). The molecule has 1 aromatic carbocycles. The molecular weight excluding hydrogens is 323 g/mol. The van der Waals surface area contributed by atoms with Gasteiger partial charge in [-0.15, -0.1) is 0 Å². The largest absolute Gasteiger partial charge is 0.345 e. The second kappa shape index (κ2) is 6.13. The fraction of sp³-hybridized carbons (Fsp3) is 0.200. The summed E-state index contributed by atoms with van der Waals surface area (Å²) in [5.41, 5.74) is 1.76. The van der Waals surface area contributed by atoms with Crippen LogP contribution in [-0.2, 0) is 0 Å². The van der Waals surface area contributed by atoms with E-state index in [1.807, 2.05) is 13.0 Å². The van der Waals surface area contributed by atoms with Crippen LogP contribution in [0.5, 0.6) is 0 Å². The molecule has 104 valence electrons. The number of nitrogens with zero attached hydrogens (tertiary/aromatic N) is 1. The molecule has 3 nitrogen and oxygen atoms in total. The molecule has 0 aliphatic carbocycles. The quantitative estimate of drug-likeness (QED) is 0.866. The Bertz CT molecular complexity index is 646. The minimum absolute atomic E-state index is 0.251. The van der Waals surface area contributed by atoms with E-state index in [-0.39, 0.29) is 17.8 Å². The van der Waals surface area contributed by atoms with Crippen LogP contribution in [0.15, 0.2) is 41.1 Å². The number of aromatic nitrogens is 1. The minimum atomic E-state index is -0.287. The van der Waals surface area contributed by atoms with Crippen LogP contribution >= 0.6 is 15.9 Å². The third-order valence-corrected chi connectivity index (χ3v) is 3.68. The van der Waals surface area contributed by atoms with E-state index in [9.17, 15) is 9.18 Å². The first-order chi connectivity index (χ1) is 9.49. The summed E-state index contributed by atoms with van der Waals surface area (Å²) in [5, 5.41) is 2.82. The van der Waals surface area contributed by atoms with Gasteiger partial charge in [-0.3, -0.25) is 4.79 Å². The summed E-state index contributed by atoms with van der Waals surface area (Å²) in [4.78, 5) is 16.1. The van der Waals surface area contributed by atoms with Crippen molar-refractivity contribution in [2.45, 2.75) is 19.9 Å². The number of aryl methyl sites for hydroxylation is 1. The zero-order valence-corrected chi connectivity index (χ0v) is 12.7. The number of benzene rings is 1. The maximum atomic E-state index is 13.5. The second-order valence-electron chi connectivity index (χ2n) is 4.55. The molecule has 0 fully saturated rings. The number of carbonyl (C=O) groups is 1.